The maximum atomic E-state index is 10.8. The maximum absolute atomic E-state index is 10.8. The Morgan fingerprint density at radius 2 is 1.85 bits per heavy atom. The van der Waals surface area contributed by atoms with E-state index in [0.29, 0.717) is 0 Å². The highest BCUT2D eigenvalue weighted by molar-refractivity contribution is 5.69. The van der Waals surface area contributed by atoms with Crippen molar-refractivity contribution in [2.75, 3.05) is 0 Å². The van der Waals surface area contributed by atoms with Gasteiger partial charge in [-0.15, -0.1) is 0 Å². The second kappa shape index (κ2) is 4.28. The highest BCUT2D eigenvalue weighted by atomic mass is 16.3. The first kappa shape index (κ1) is 11.4. The summed E-state index contributed by atoms with van der Waals surface area (Å²) in [6, 6.07) is 11.7. The molecule has 0 fully saturated rings. The van der Waals surface area contributed by atoms with Gasteiger partial charge in [-0.1, -0.05) is 24.3 Å². The highest BCUT2D eigenvalue weighted by Crippen LogP contribution is 2.44. The monoisotopic (exact) mass is 263 g/mol. The van der Waals surface area contributed by atoms with Gasteiger partial charge in [0.05, 0.1) is 24.3 Å². The highest BCUT2D eigenvalue weighted by Gasteiger charge is 2.33. The van der Waals surface area contributed by atoms with Crippen LogP contribution in [0.5, 0.6) is 0 Å². The predicted octanol–water partition coefficient (Wildman–Crippen LogP) is 2.58. The van der Waals surface area contributed by atoms with Gasteiger partial charge in [-0.25, -0.2) is 4.98 Å². The molecule has 98 valence electrons. The van der Waals surface area contributed by atoms with Crippen molar-refractivity contribution in [3.8, 4) is 11.3 Å². The lowest BCUT2D eigenvalue weighted by molar-refractivity contribution is 0.135. The molecule has 3 aromatic rings. The summed E-state index contributed by atoms with van der Waals surface area (Å²) in [6.07, 6.45) is 6.42. The zero-order valence-corrected chi connectivity index (χ0v) is 10.7. The van der Waals surface area contributed by atoms with Crippen LogP contribution in [0, 0.1) is 0 Å². The Morgan fingerprint density at radius 3 is 2.70 bits per heavy atom. The zero-order chi connectivity index (χ0) is 13.5. The van der Waals surface area contributed by atoms with Gasteiger partial charge < -0.3 is 9.67 Å². The Hall–Kier alpha value is -2.46. The molecule has 3 heterocycles. The second-order valence-electron chi connectivity index (χ2n) is 4.94. The fourth-order valence-electron chi connectivity index (χ4n) is 2.94. The van der Waals surface area contributed by atoms with Crippen LogP contribution >= 0.6 is 0 Å². The number of pyridine rings is 1. The lowest BCUT2D eigenvalue weighted by atomic mass is 9.95. The minimum Gasteiger partial charge on any atom is -0.386 e. The van der Waals surface area contributed by atoms with E-state index < -0.39 is 6.10 Å². The minimum atomic E-state index is -0.616. The molecule has 2 aromatic heterocycles. The quantitative estimate of drug-likeness (QED) is 0.773. The number of aromatic nitrogens is 3. The smallest absolute Gasteiger partial charge is 0.104 e. The number of hydrogen-bond donors (Lipinski definition) is 1. The van der Waals surface area contributed by atoms with Crippen LogP contribution in [0.2, 0.25) is 0 Å². The summed E-state index contributed by atoms with van der Waals surface area (Å²) in [6.45, 7) is 0. The summed E-state index contributed by atoms with van der Waals surface area (Å²) < 4.78 is 2.04. The Morgan fingerprint density at radius 1 is 1.05 bits per heavy atom. The van der Waals surface area contributed by atoms with E-state index in [9.17, 15) is 5.11 Å². The van der Waals surface area contributed by atoms with Gasteiger partial charge in [-0.05, 0) is 23.3 Å². The third kappa shape index (κ3) is 1.52. The van der Waals surface area contributed by atoms with Crippen molar-refractivity contribution in [1.29, 1.82) is 0 Å². The van der Waals surface area contributed by atoms with E-state index in [4.69, 9.17) is 0 Å². The molecule has 4 nitrogen and oxygen atoms in total. The normalized spacial score (nSPS) is 17.6. The minimum absolute atomic E-state index is 0.133. The Balaban J connectivity index is 1.87. The number of rotatable bonds is 2. The third-order valence-electron chi connectivity index (χ3n) is 3.87. The molecule has 0 aliphatic carbocycles. The number of aliphatic hydroxyl groups is 1. The van der Waals surface area contributed by atoms with E-state index in [-0.39, 0.29) is 6.04 Å². The first-order valence-corrected chi connectivity index (χ1v) is 6.55. The summed E-state index contributed by atoms with van der Waals surface area (Å²) in [7, 11) is 0. The molecule has 1 aromatic carbocycles. The molecule has 2 atom stereocenters. The van der Waals surface area contributed by atoms with Crippen LogP contribution < -0.4 is 0 Å². The molecular formula is C16H13N3O. The van der Waals surface area contributed by atoms with Crippen molar-refractivity contribution >= 4 is 0 Å². The Kier molecular flexibility index (Phi) is 2.44. The maximum Gasteiger partial charge on any atom is 0.104 e. The summed E-state index contributed by atoms with van der Waals surface area (Å²) in [5.74, 6) is 0. The fourth-order valence-corrected chi connectivity index (χ4v) is 2.94. The molecule has 4 rings (SSSR count). The number of hydrogen-bond acceptors (Lipinski definition) is 3. The Labute approximate surface area is 116 Å². The van der Waals surface area contributed by atoms with Crippen molar-refractivity contribution in [2.24, 2.45) is 0 Å². The molecule has 20 heavy (non-hydrogen) atoms. The van der Waals surface area contributed by atoms with Gasteiger partial charge in [0.25, 0.3) is 0 Å². The molecule has 0 spiro atoms. The molecule has 1 N–H and O–H groups in total. The van der Waals surface area contributed by atoms with Crippen LogP contribution in [0.1, 0.15) is 23.3 Å². The van der Waals surface area contributed by atoms with Gasteiger partial charge in [-0.3, -0.25) is 4.98 Å². The fraction of sp³-hybridized carbons (Fsp3) is 0.125. The number of nitrogens with zero attached hydrogens (tertiary/aromatic N) is 3. The largest absolute Gasteiger partial charge is 0.386 e. The van der Waals surface area contributed by atoms with Gasteiger partial charge >= 0.3 is 0 Å². The topological polar surface area (TPSA) is 50.9 Å². The first-order chi connectivity index (χ1) is 9.86. The average Bonchev–Trinajstić information content (AvgIpc) is 3.08. The molecule has 0 radical (unpaired) electrons. The Bertz CT molecular complexity index is 751. The molecule has 0 saturated heterocycles. The molecule has 1 unspecified atom stereocenters. The van der Waals surface area contributed by atoms with Crippen LogP contribution in [0.15, 0.2) is 61.3 Å². The lowest BCUT2D eigenvalue weighted by Gasteiger charge is -2.21. The van der Waals surface area contributed by atoms with E-state index in [1.54, 1.807) is 18.7 Å². The average molecular weight is 263 g/mol. The number of imidazole rings is 1. The molecule has 0 saturated carbocycles. The number of fused-ring (bicyclic) bond motifs is 3. The molecule has 0 amide bonds. The second-order valence-corrected chi connectivity index (χ2v) is 4.94. The van der Waals surface area contributed by atoms with Gasteiger partial charge in [0.2, 0.25) is 0 Å². The van der Waals surface area contributed by atoms with Crippen LogP contribution in [0.3, 0.4) is 0 Å². The first-order valence-electron chi connectivity index (χ1n) is 6.55. The predicted molar refractivity (Wildman–Crippen MR) is 75.0 cm³/mol. The van der Waals surface area contributed by atoms with Crippen LogP contribution in [0.25, 0.3) is 11.3 Å². The van der Waals surface area contributed by atoms with Crippen molar-refractivity contribution < 1.29 is 5.11 Å². The van der Waals surface area contributed by atoms with Gasteiger partial charge in [0.15, 0.2) is 0 Å². The summed E-state index contributed by atoms with van der Waals surface area (Å²) in [4.78, 5) is 8.21. The zero-order valence-electron chi connectivity index (χ0n) is 10.7. The van der Waals surface area contributed by atoms with E-state index in [1.807, 2.05) is 35.0 Å². The van der Waals surface area contributed by atoms with Crippen molar-refractivity contribution in [2.45, 2.75) is 12.1 Å². The summed E-state index contributed by atoms with van der Waals surface area (Å²) in [5, 5.41) is 10.8. The van der Waals surface area contributed by atoms with E-state index in [0.717, 1.165) is 22.4 Å². The third-order valence-corrected chi connectivity index (χ3v) is 3.87. The van der Waals surface area contributed by atoms with Crippen LogP contribution in [-0.4, -0.2) is 19.6 Å². The number of benzene rings is 1. The van der Waals surface area contributed by atoms with Crippen LogP contribution in [-0.2, 0) is 0 Å². The van der Waals surface area contributed by atoms with Gasteiger partial charge in [0, 0.05) is 18.0 Å². The van der Waals surface area contributed by atoms with Crippen molar-refractivity contribution in [1.82, 2.24) is 14.5 Å². The van der Waals surface area contributed by atoms with Crippen molar-refractivity contribution in [3.63, 3.8) is 0 Å². The number of aliphatic hydroxyl groups excluding tert-OH is 1. The lowest BCUT2D eigenvalue weighted by Crippen LogP contribution is -2.15. The van der Waals surface area contributed by atoms with E-state index in [1.165, 1.54) is 0 Å². The molecule has 4 heteroatoms. The van der Waals surface area contributed by atoms with E-state index in [2.05, 4.69) is 22.1 Å². The SMILES string of the molecule is O[C@H](c1ccncc1)C1c2ccccc2-c2cncn21. The molecular weight excluding hydrogens is 250 g/mol. The van der Waals surface area contributed by atoms with Crippen molar-refractivity contribution in [3.05, 3.63) is 72.4 Å². The van der Waals surface area contributed by atoms with Gasteiger partial charge in [-0.2, -0.15) is 0 Å². The summed E-state index contributed by atoms with van der Waals surface area (Å²) >= 11 is 0. The van der Waals surface area contributed by atoms with Crippen LogP contribution in [0.4, 0.5) is 0 Å². The molecule has 0 bridgehead atoms. The standard InChI is InChI=1S/C16H13N3O/c20-16(11-5-7-17-8-6-11)15-13-4-2-1-3-12(13)14-9-18-10-19(14)15/h1-10,15-16,20H/t15?,16-/m1/s1. The van der Waals surface area contributed by atoms with Gasteiger partial charge in [0.1, 0.15) is 6.10 Å². The summed E-state index contributed by atoms with van der Waals surface area (Å²) in [5.41, 5.74) is 4.19. The molecule has 1 aliphatic heterocycles. The van der Waals surface area contributed by atoms with E-state index >= 15 is 0 Å². The molecule has 1 aliphatic rings.